The van der Waals surface area contributed by atoms with Crippen LogP contribution in [0.3, 0.4) is 0 Å². The van der Waals surface area contributed by atoms with Crippen LogP contribution in [0.15, 0.2) is 0 Å². The Kier molecular flexibility index (Phi) is 2.78. The Morgan fingerprint density at radius 1 is 0.933 bits per heavy atom. The zero-order chi connectivity index (χ0) is 12.1. The lowest BCUT2D eigenvalue weighted by Crippen LogP contribution is -2.59. The van der Waals surface area contributed by atoms with E-state index in [1.165, 1.54) is 0 Å². The van der Waals surface area contributed by atoms with Crippen LogP contribution in [0.5, 0.6) is 0 Å². The molecule has 1 heterocycles. The van der Waals surface area contributed by atoms with Gasteiger partial charge in [0.25, 0.3) is 0 Å². The average Bonchev–Trinajstić information content (AvgIpc) is 1.72. The largest absolute Gasteiger partial charge is 0.389 e. The third-order valence-corrected chi connectivity index (χ3v) is 3.38. The Bertz CT molecular complexity index is 230. The van der Waals surface area contributed by atoms with Crippen LogP contribution in [-0.2, 0) is 4.74 Å². The van der Waals surface area contributed by atoms with Gasteiger partial charge in [-0.05, 0) is 33.1 Å². The molecule has 1 N–H and O–H groups in total. The highest BCUT2D eigenvalue weighted by Crippen LogP contribution is 2.48. The molecule has 2 nitrogen and oxygen atoms in total. The Morgan fingerprint density at radius 3 is 1.53 bits per heavy atom. The van der Waals surface area contributed by atoms with Gasteiger partial charge in [0.15, 0.2) is 0 Å². The molecule has 1 aliphatic rings. The van der Waals surface area contributed by atoms with Crippen LogP contribution >= 0.6 is 0 Å². The lowest BCUT2D eigenvalue weighted by atomic mass is 9.65. The zero-order valence-electron chi connectivity index (χ0n) is 11.3. The molecule has 0 radical (unpaired) electrons. The van der Waals surface area contributed by atoms with Gasteiger partial charge < -0.3 is 9.84 Å². The van der Waals surface area contributed by atoms with Gasteiger partial charge in [0.2, 0.25) is 0 Å². The highest BCUT2D eigenvalue weighted by atomic mass is 16.5. The van der Waals surface area contributed by atoms with Crippen molar-refractivity contribution < 1.29 is 9.84 Å². The fourth-order valence-electron chi connectivity index (χ4n) is 2.82. The van der Waals surface area contributed by atoms with E-state index in [4.69, 9.17) is 4.74 Å². The van der Waals surface area contributed by atoms with Crippen LogP contribution in [-0.4, -0.2) is 21.9 Å². The summed E-state index contributed by atoms with van der Waals surface area (Å²) < 4.78 is 5.99. The molecule has 0 unspecified atom stereocenters. The quantitative estimate of drug-likeness (QED) is 0.671. The van der Waals surface area contributed by atoms with Gasteiger partial charge >= 0.3 is 0 Å². The number of hydrogen-bond donors (Lipinski definition) is 1. The second-order valence-electron chi connectivity index (χ2n) is 7.26. The van der Waals surface area contributed by atoms with Crippen molar-refractivity contribution in [1.29, 1.82) is 0 Å². The summed E-state index contributed by atoms with van der Waals surface area (Å²) in [6, 6.07) is 0. The normalized spacial score (nSPS) is 28.8. The van der Waals surface area contributed by atoms with Gasteiger partial charge in [-0.2, -0.15) is 0 Å². The molecule has 0 aromatic heterocycles. The molecule has 15 heavy (non-hydrogen) atoms. The molecule has 0 atom stereocenters. The minimum atomic E-state index is -0.641. The summed E-state index contributed by atoms with van der Waals surface area (Å²) in [5, 5.41) is 10.8. The minimum Gasteiger partial charge on any atom is -0.389 e. The van der Waals surface area contributed by atoms with E-state index in [9.17, 15) is 5.11 Å². The molecular formula is C13H26O2. The molecule has 90 valence electrons. The second-order valence-corrected chi connectivity index (χ2v) is 7.26. The summed E-state index contributed by atoms with van der Waals surface area (Å²) in [5.74, 6) is 0. The molecule has 0 aliphatic carbocycles. The van der Waals surface area contributed by atoms with Crippen molar-refractivity contribution in [3.8, 4) is 0 Å². The first-order valence-corrected chi connectivity index (χ1v) is 5.80. The Balaban J connectivity index is 3.03. The summed E-state index contributed by atoms with van der Waals surface area (Å²) in [4.78, 5) is 0. The van der Waals surface area contributed by atoms with Gasteiger partial charge in [0.05, 0.1) is 16.8 Å². The first-order valence-electron chi connectivity index (χ1n) is 5.80. The molecule has 0 aromatic carbocycles. The van der Waals surface area contributed by atoms with Crippen LogP contribution in [0.1, 0.15) is 61.3 Å². The van der Waals surface area contributed by atoms with Crippen LogP contribution in [0.25, 0.3) is 0 Å². The second kappa shape index (κ2) is 3.21. The summed E-state index contributed by atoms with van der Waals surface area (Å²) in [5.41, 5.74) is -1.24. The van der Waals surface area contributed by atoms with E-state index in [1.807, 2.05) is 0 Å². The summed E-state index contributed by atoms with van der Waals surface area (Å²) >= 11 is 0. The SMILES string of the molecule is CC1(C)CC(O)(C(C)(C)C)CC(C)(C)O1. The fourth-order valence-corrected chi connectivity index (χ4v) is 2.82. The fraction of sp³-hybridized carbons (Fsp3) is 1.00. The van der Waals surface area contributed by atoms with Crippen LogP contribution in [0.4, 0.5) is 0 Å². The van der Waals surface area contributed by atoms with Crippen LogP contribution < -0.4 is 0 Å². The Labute approximate surface area is 94.0 Å². The van der Waals surface area contributed by atoms with E-state index in [0.29, 0.717) is 12.8 Å². The van der Waals surface area contributed by atoms with E-state index in [-0.39, 0.29) is 16.6 Å². The van der Waals surface area contributed by atoms with Crippen molar-refractivity contribution in [3.05, 3.63) is 0 Å². The van der Waals surface area contributed by atoms with Crippen molar-refractivity contribution in [1.82, 2.24) is 0 Å². The summed E-state index contributed by atoms with van der Waals surface area (Å²) in [7, 11) is 0. The van der Waals surface area contributed by atoms with E-state index in [1.54, 1.807) is 0 Å². The minimum absolute atomic E-state index is 0.106. The first-order chi connectivity index (χ1) is 6.37. The van der Waals surface area contributed by atoms with Crippen molar-refractivity contribution in [3.63, 3.8) is 0 Å². The lowest BCUT2D eigenvalue weighted by molar-refractivity contribution is -0.245. The molecule has 0 aromatic rings. The summed E-state index contributed by atoms with van der Waals surface area (Å²) in [6.07, 6.45) is 1.40. The van der Waals surface area contributed by atoms with Crippen LogP contribution in [0.2, 0.25) is 0 Å². The topological polar surface area (TPSA) is 29.5 Å². The summed E-state index contributed by atoms with van der Waals surface area (Å²) in [6.45, 7) is 14.5. The smallest absolute Gasteiger partial charge is 0.0750 e. The molecular weight excluding hydrogens is 188 g/mol. The monoisotopic (exact) mass is 214 g/mol. The Morgan fingerprint density at radius 2 is 1.27 bits per heavy atom. The van der Waals surface area contributed by atoms with Crippen molar-refractivity contribution >= 4 is 0 Å². The molecule has 1 saturated heterocycles. The zero-order valence-corrected chi connectivity index (χ0v) is 11.3. The average molecular weight is 214 g/mol. The standard InChI is InChI=1S/C13H26O2/c1-10(2,3)13(14)8-11(4,5)15-12(6,7)9-13/h14H,8-9H2,1-7H3. The first kappa shape index (κ1) is 13.0. The highest BCUT2D eigenvalue weighted by Gasteiger charge is 2.52. The third kappa shape index (κ3) is 2.73. The van der Waals surface area contributed by atoms with Crippen LogP contribution in [0, 0.1) is 5.41 Å². The maximum absolute atomic E-state index is 10.8. The number of rotatable bonds is 0. The van der Waals surface area contributed by atoms with Crippen molar-refractivity contribution in [2.75, 3.05) is 0 Å². The molecule has 0 saturated carbocycles. The van der Waals surface area contributed by atoms with E-state index >= 15 is 0 Å². The number of hydrogen-bond acceptors (Lipinski definition) is 2. The van der Waals surface area contributed by atoms with E-state index < -0.39 is 5.60 Å². The highest BCUT2D eigenvalue weighted by molar-refractivity contribution is 5.03. The van der Waals surface area contributed by atoms with Gasteiger partial charge in [-0.3, -0.25) is 0 Å². The van der Waals surface area contributed by atoms with E-state index in [0.717, 1.165) is 0 Å². The third-order valence-electron chi connectivity index (χ3n) is 3.38. The van der Waals surface area contributed by atoms with Gasteiger partial charge in [-0.1, -0.05) is 20.8 Å². The molecule has 1 fully saturated rings. The van der Waals surface area contributed by atoms with Gasteiger partial charge in [-0.25, -0.2) is 0 Å². The van der Waals surface area contributed by atoms with Gasteiger partial charge in [0, 0.05) is 12.8 Å². The molecule has 0 amide bonds. The number of aliphatic hydroxyl groups is 1. The molecule has 0 spiro atoms. The molecule has 0 bridgehead atoms. The van der Waals surface area contributed by atoms with Crippen molar-refractivity contribution in [2.45, 2.75) is 78.1 Å². The predicted octanol–water partition coefficient (Wildman–Crippen LogP) is 3.13. The molecule has 1 aliphatic heterocycles. The predicted molar refractivity (Wildman–Crippen MR) is 62.9 cm³/mol. The lowest BCUT2D eigenvalue weighted by Gasteiger charge is -2.54. The maximum Gasteiger partial charge on any atom is 0.0750 e. The number of ether oxygens (including phenoxy) is 1. The van der Waals surface area contributed by atoms with Gasteiger partial charge in [-0.15, -0.1) is 0 Å². The maximum atomic E-state index is 10.8. The van der Waals surface area contributed by atoms with E-state index in [2.05, 4.69) is 48.5 Å². The van der Waals surface area contributed by atoms with Crippen molar-refractivity contribution in [2.24, 2.45) is 5.41 Å². The van der Waals surface area contributed by atoms with Gasteiger partial charge in [0.1, 0.15) is 0 Å². The Hall–Kier alpha value is -0.0800. The molecule has 2 heteroatoms. The molecule has 1 rings (SSSR count).